The first-order valence-corrected chi connectivity index (χ1v) is 11.3. The summed E-state index contributed by atoms with van der Waals surface area (Å²) >= 11 is 0. The average Bonchev–Trinajstić information content (AvgIpc) is 2.86. The highest BCUT2D eigenvalue weighted by Gasteiger charge is 2.38. The van der Waals surface area contributed by atoms with E-state index in [0.717, 1.165) is 11.1 Å². The van der Waals surface area contributed by atoms with Crippen LogP contribution in [-0.2, 0) is 10.2 Å². The van der Waals surface area contributed by atoms with E-state index in [-0.39, 0.29) is 17.9 Å². The third-order valence-electron chi connectivity index (χ3n) is 6.30. The lowest BCUT2D eigenvalue weighted by Crippen LogP contribution is -2.46. The highest BCUT2D eigenvalue weighted by molar-refractivity contribution is 6.04. The second-order valence-corrected chi connectivity index (χ2v) is 8.26. The molecule has 3 aromatic rings. The van der Waals surface area contributed by atoms with Crippen molar-refractivity contribution in [3.63, 3.8) is 0 Å². The van der Waals surface area contributed by atoms with Crippen LogP contribution in [0.25, 0.3) is 0 Å². The molecule has 1 atom stereocenters. The maximum Gasteiger partial charge on any atom is 0.255 e. The van der Waals surface area contributed by atoms with Gasteiger partial charge in [-0.25, -0.2) is 0 Å². The predicted molar refractivity (Wildman–Crippen MR) is 132 cm³/mol. The van der Waals surface area contributed by atoms with Gasteiger partial charge in [0, 0.05) is 43.3 Å². The van der Waals surface area contributed by atoms with Gasteiger partial charge in [-0.2, -0.15) is 0 Å². The number of carbonyl (C=O) groups is 2. The van der Waals surface area contributed by atoms with Crippen molar-refractivity contribution in [3.8, 4) is 0 Å². The molecule has 0 bridgehead atoms. The second-order valence-electron chi connectivity index (χ2n) is 8.26. The van der Waals surface area contributed by atoms with Crippen molar-refractivity contribution >= 4 is 17.5 Å². The molecule has 0 spiro atoms. The fraction of sp³-hybridized carbons (Fsp3) is 0.296. The molecule has 0 saturated carbocycles. The van der Waals surface area contributed by atoms with Crippen molar-refractivity contribution in [2.45, 2.75) is 38.1 Å². The maximum atomic E-state index is 13.5. The van der Waals surface area contributed by atoms with Crippen LogP contribution < -0.4 is 11.1 Å². The summed E-state index contributed by atoms with van der Waals surface area (Å²) in [7, 11) is 1.81. The molecule has 0 aliphatic carbocycles. The number of amides is 2. The third kappa shape index (κ3) is 5.46. The van der Waals surface area contributed by atoms with Gasteiger partial charge in [0.25, 0.3) is 5.91 Å². The number of rotatable bonds is 9. The Balaban J connectivity index is 1.68. The van der Waals surface area contributed by atoms with Crippen molar-refractivity contribution in [1.82, 2.24) is 9.88 Å². The normalized spacial score (nSPS) is 12.1. The number of anilines is 1. The van der Waals surface area contributed by atoms with Crippen LogP contribution in [0.3, 0.4) is 0 Å². The first-order chi connectivity index (χ1) is 15.9. The first kappa shape index (κ1) is 24.1. The van der Waals surface area contributed by atoms with E-state index in [1.54, 1.807) is 41.6 Å². The van der Waals surface area contributed by atoms with Crippen molar-refractivity contribution in [2.75, 3.05) is 18.9 Å². The van der Waals surface area contributed by atoms with Crippen LogP contribution in [0.5, 0.6) is 0 Å². The molecule has 6 nitrogen and oxygen atoms in total. The second kappa shape index (κ2) is 10.9. The molecule has 2 amide bonds. The summed E-state index contributed by atoms with van der Waals surface area (Å²) in [4.78, 5) is 31.7. The van der Waals surface area contributed by atoms with Crippen LogP contribution in [0.2, 0.25) is 0 Å². The lowest BCUT2D eigenvalue weighted by Gasteiger charge is -2.36. The molecule has 1 aromatic heterocycles. The molecule has 0 radical (unpaired) electrons. The Bertz CT molecular complexity index is 1050. The zero-order valence-electron chi connectivity index (χ0n) is 19.5. The molecule has 1 unspecified atom stereocenters. The number of hydrogen-bond acceptors (Lipinski definition) is 4. The molecular formula is C27H32N4O2. The summed E-state index contributed by atoms with van der Waals surface area (Å²) in [6, 6.07) is 20.2. The van der Waals surface area contributed by atoms with Crippen LogP contribution in [0.4, 0.5) is 5.69 Å². The molecule has 0 fully saturated rings. The van der Waals surface area contributed by atoms with Gasteiger partial charge >= 0.3 is 0 Å². The minimum atomic E-state index is -0.565. The van der Waals surface area contributed by atoms with Crippen LogP contribution in [0, 0.1) is 0 Å². The summed E-state index contributed by atoms with van der Waals surface area (Å²) in [5, 5.41) is 2.84. The van der Waals surface area contributed by atoms with Gasteiger partial charge in [-0.05, 0) is 48.2 Å². The molecule has 1 heterocycles. The van der Waals surface area contributed by atoms with Crippen LogP contribution in [0.1, 0.15) is 54.2 Å². The summed E-state index contributed by atoms with van der Waals surface area (Å²) in [6.45, 7) is 4.49. The molecule has 0 saturated heterocycles. The van der Waals surface area contributed by atoms with Crippen LogP contribution >= 0.6 is 0 Å². The molecule has 33 heavy (non-hydrogen) atoms. The van der Waals surface area contributed by atoms with E-state index in [0.29, 0.717) is 30.6 Å². The van der Waals surface area contributed by atoms with E-state index in [4.69, 9.17) is 5.73 Å². The smallest absolute Gasteiger partial charge is 0.255 e. The molecular weight excluding hydrogens is 412 g/mol. The number of nitrogens with zero attached hydrogens (tertiary/aromatic N) is 2. The van der Waals surface area contributed by atoms with Gasteiger partial charge < -0.3 is 16.0 Å². The van der Waals surface area contributed by atoms with Gasteiger partial charge in [0.05, 0.1) is 5.41 Å². The lowest BCUT2D eigenvalue weighted by molar-refractivity contribution is -0.136. The van der Waals surface area contributed by atoms with E-state index in [1.165, 1.54) is 0 Å². The Morgan fingerprint density at radius 3 is 2.15 bits per heavy atom. The van der Waals surface area contributed by atoms with E-state index >= 15 is 0 Å². The summed E-state index contributed by atoms with van der Waals surface area (Å²) in [5.41, 5.74) is 9.00. The SMILES string of the molecule is CCC(CC)(C(=O)N(C)CC(N)c1ccc(C(=O)Nc2ccncc2)cc1)c1ccccc1. The number of pyridine rings is 1. The molecule has 2 aromatic carbocycles. The van der Waals surface area contributed by atoms with E-state index < -0.39 is 5.41 Å². The van der Waals surface area contributed by atoms with Gasteiger partial charge in [-0.15, -0.1) is 0 Å². The zero-order valence-corrected chi connectivity index (χ0v) is 19.5. The number of benzene rings is 2. The van der Waals surface area contributed by atoms with Crippen molar-refractivity contribution in [2.24, 2.45) is 5.73 Å². The molecule has 3 N–H and O–H groups in total. The minimum absolute atomic E-state index is 0.0718. The van der Waals surface area contributed by atoms with Crippen molar-refractivity contribution < 1.29 is 9.59 Å². The Morgan fingerprint density at radius 2 is 1.58 bits per heavy atom. The summed E-state index contributed by atoms with van der Waals surface area (Å²) in [6.07, 6.45) is 4.68. The molecule has 6 heteroatoms. The number of carbonyl (C=O) groups excluding carboxylic acids is 2. The Hall–Kier alpha value is -3.51. The quantitative estimate of drug-likeness (QED) is 0.507. The predicted octanol–water partition coefficient (Wildman–Crippen LogP) is 4.55. The number of likely N-dealkylation sites (N-methyl/N-ethyl adjacent to an activating group) is 1. The highest BCUT2D eigenvalue weighted by atomic mass is 16.2. The minimum Gasteiger partial charge on any atom is -0.343 e. The van der Waals surface area contributed by atoms with Gasteiger partial charge in [0.2, 0.25) is 5.91 Å². The standard InChI is InChI=1S/C27H32N4O2/c1-4-27(5-2,22-9-7-6-8-10-22)26(33)31(3)19-24(28)20-11-13-21(14-12-20)25(32)30-23-15-17-29-18-16-23/h6-18,24H,4-5,19,28H2,1-3H3,(H,29,30,32). The third-order valence-corrected chi connectivity index (χ3v) is 6.30. The average molecular weight is 445 g/mol. The largest absolute Gasteiger partial charge is 0.343 e. The Kier molecular flexibility index (Phi) is 7.96. The number of nitrogens with one attached hydrogen (secondary N) is 1. The number of nitrogens with two attached hydrogens (primary N) is 1. The Labute approximate surface area is 195 Å². The van der Waals surface area contributed by atoms with Crippen molar-refractivity contribution in [3.05, 3.63) is 95.8 Å². The molecule has 0 aliphatic heterocycles. The highest BCUT2D eigenvalue weighted by Crippen LogP contribution is 2.34. The van der Waals surface area contributed by atoms with Gasteiger partial charge in [0.15, 0.2) is 0 Å². The Morgan fingerprint density at radius 1 is 0.970 bits per heavy atom. The molecule has 3 rings (SSSR count). The first-order valence-electron chi connectivity index (χ1n) is 11.3. The molecule has 172 valence electrons. The van der Waals surface area contributed by atoms with Gasteiger partial charge in [-0.1, -0.05) is 56.3 Å². The zero-order chi connectivity index (χ0) is 23.8. The van der Waals surface area contributed by atoms with Gasteiger partial charge in [-0.3, -0.25) is 14.6 Å². The van der Waals surface area contributed by atoms with E-state index in [1.807, 2.05) is 49.5 Å². The summed E-state index contributed by atoms with van der Waals surface area (Å²) in [5.74, 6) is -0.130. The van der Waals surface area contributed by atoms with Crippen LogP contribution in [0.15, 0.2) is 79.1 Å². The lowest BCUT2D eigenvalue weighted by atomic mass is 9.74. The monoisotopic (exact) mass is 444 g/mol. The number of hydrogen-bond donors (Lipinski definition) is 2. The topological polar surface area (TPSA) is 88.3 Å². The van der Waals surface area contributed by atoms with Crippen molar-refractivity contribution in [1.29, 1.82) is 0 Å². The van der Waals surface area contributed by atoms with Gasteiger partial charge in [0.1, 0.15) is 0 Å². The summed E-state index contributed by atoms with van der Waals surface area (Å²) < 4.78 is 0. The molecule has 0 aliphatic rings. The van der Waals surface area contributed by atoms with Crippen LogP contribution in [-0.4, -0.2) is 35.3 Å². The van der Waals surface area contributed by atoms with E-state index in [2.05, 4.69) is 24.1 Å². The fourth-order valence-electron chi connectivity index (χ4n) is 4.21. The van der Waals surface area contributed by atoms with E-state index in [9.17, 15) is 9.59 Å². The fourth-order valence-corrected chi connectivity index (χ4v) is 4.21. The number of aromatic nitrogens is 1. The maximum absolute atomic E-state index is 13.5.